The third-order valence-electron chi connectivity index (χ3n) is 3.27. The number of rotatable bonds is 7. The van der Waals surface area contributed by atoms with E-state index in [0.29, 0.717) is 5.71 Å². The van der Waals surface area contributed by atoms with Crippen molar-refractivity contribution in [2.75, 3.05) is 0 Å². The van der Waals surface area contributed by atoms with Crippen LogP contribution in [0.15, 0.2) is 11.4 Å². The molecule has 1 amide bonds. The van der Waals surface area contributed by atoms with Crippen LogP contribution in [0.25, 0.3) is 0 Å². The molecule has 26 heavy (non-hydrogen) atoms. The summed E-state index contributed by atoms with van der Waals surface area (Å²) in [6.07, 6.45) is 1.17. The quantitative estimate of drug-likeness (QED) is 0.408. The lowest BCUT2D eigenvalue weighted by molar-refractivity contribution is -0.394. The van der Waals surface area contributed by atoms with Gasteiger partial charge in [-0.05, 0) is 25.7 Å². The first-order valence-electron chi connectivity index (χ1n) is 7.23. The molecule has 0 fully saturated rings. The molecule has 0 saturated carbocycles. The van der Waals surface area contributed by atoms with Gasteiger partial charge >= 0.3 is 11.6 Å². The zero-order valence-corrected chi connectivity index (χ0v) is 14.1. The van der Waals surface area contributed by atoms with Gasteiger partial charge in [0.25, 0.3) is 5.91 Å². The molecule has 0 atom stereocenters. The first-order chi connectivity index (χ1) is 12.2. The zero-order chi connectivity index (χ0) is 19.4. The Kier molecular flexibility index (Phi) is 5.34. The molecule has 2 rings (SSSR count). The molecule has 0 bridgehead atoms. The van der Waals surface area contributed by atoms with Crippen LogP contribution in [0.4, 0.5) is 11.6 Å². The molecule has 1 N–H and O–H groups in total. The van der Waals surface area contributed by atoms with E-state index in [0.717, 1.165) is 0 Å². The summed E-state index contributed by atoms with van der Waals surface area (Å²) in [7, 11) is 0. The summed E-state index contributed by atoms with van der Waals surface area (Å²) in [6, 6.07) is 0. The van der Waals surface area contributed by atoms with E-state index in [2.05, 4.69) is 25.7 Å². The van der Waals surface area contributed by atoms with Crippen molar-refractivity contribution in [1.82, 2.24) is 30.0 Å². The Balaban J connectivity index is 1.97. The van der Waals surface area contributed by atoms with E-state index in [1.165, 1.54) is 29.5 Å². The van der Waals surface area contributed by atoms with Gasteiger partial charge in [0, 0.05) is 5.10 Å². The number of hydrogen-bond acceptors (Lipinski definition) is 9. The van der Waals surface area contributed by atoms with Gasteiger partial charge in [-0.25, -0.2) is 5.43 Å². The average Bonchev–Trinajstić information content (AvgIpc) is 3.10. The predicted molar refractivity (Wildman–Crippen MR) is 86.3 cm³/mol. The maximum absolute atomic E-state index is 11.9. The fourth-order valence-corrected chi connectivity index (χ4v) is 2.15. The lowest BCUT2D eigenvalue weighted by Crippen LogP contribution is -2.26. The molecule has 2 heterocycles. The molecular weight excluding hydrogens is 350 g/mol. The van der Waals surface area contributed by atoms with E-state index < -0.39 is 21.7 Å². The lowest BCUT2D eigenvalue weighted by Gasteiger charge is -2.03. The van der Waals surface area contributed by atoms with Gasteiger partial charge in [-0.2, -0.15) is 14.9 Å². The molecule has 0 aliphatic heterocycles. The van der Waals surface area contributed by atoms with Gasteiger partial charge in [0.05, 0.1) is 17.2 Å². The highest BCUT2D eigenvalue weighted by atomic mass is 16.6. The Morgan fingerprint density at radius 2 is 1.92 bits per heavy atom. The maximum atomic E-state index is 11.9. The van der Waals surface area contributed by atoms with Gasteiger partial charge in [-0.3, -0.25) is 19.6 Å². The fraction of sp³-hybridized carbons (Fsp3) is 0.417. The van der Waals surface area contributed by atoms with Crippen molar-refractivity contribution in [2.45, 2.75) is 33.9 Å². The molecule has 0 unspecified atom stereocenters. The minimum Gasteiger partial charge on any atom is -0.390 e. The molecule has 0 saturated heterocycles. The van der Waals surface area contributed by atoms with Gasteiger partial charge in [0.2, 0.25) is 6.33 Å². The van der Waals surface area contributed by atoms with E-state index in [1.54, 1.807) is 6.92 Å². The van der Waals surface area contributed by atoms with Crippen LogP contribution in [0.5, 0.6) is 0 Å². The summed E-state index contributed by atoms with van der Waals surface area (Å²) in [5.41, 5.74) is 3.05. The van der Waals surface area contributed by atoms with Crippen molar-refractivity contribution in [3.05, 3.63) is 37.9 Å². The fourth-order valence-electron chi connectivity index (χ4n) is 2.15. The number of carbonyl (C=O) groups is 1. The number of nitrogens with zero attached hydrogens (tertiary/aromatic N) is 8. The first-order valence-corrected chi connectivity index (χ1v) is 7.23. The van der Waals surface area contributed by atoms with E-state index in [-0.39, 0.29) is 30.2 Å². The maximum Gasteiger partial charge on any atom is 0.490 e. The van der Waals surface area contributed by atoms with E-state index >= 15 is 0 Å². The molecule has 14 heteroatoms. The molecule has 2 aromatic rings. The summed E-state index contributed by atoms with van der Waals surface area (Å²) in [5, 5.41) is 32.9. The zero-order valence-electron chi connectivity index (χ0n) is 14.1. The highest BCUT2D eigenvalue weighted by Gasteiger charge is 2.22. The Morgan fingerprint density at radius 1 is 1.23 bits per heavy atom. The van der Waals surface area contributed by atoms with Crippen LogP contribution in [0, 0.1) is 34.1 Å². The van der Waals surface area contributed by atoms with E-state index in [4.69, 9.17) is 0 Å². The third-order valence-corrected chi connectivity index (χ3v) is 3.27. The molecule has 0 aromatic carbocycles. The average molecular weight is 365 g/mol. The number of hydrazone groups is 1. The molecule has 0 spiro atoms. The molecular formula is C12H15N9O5. The van der Waals surface area contributed by atoms with Gasteiger partial charge in [0.15, 0.2) is 0 Å². The first kappa shape index (κ1) is 18.6. The van der Waals surface area contributed by atoms with Crippen LogP contribution < -0.4 is 5.43 Å². The molecule has 0 aliphatic carbocycles. The van der Waals surface area contributed by atoms with E-state index in [1.807, 2.05) is 0 Å². The van der Waals surface area contributed by atoms with Gasteiger partial charge in [-0.1, -0.05) is 4.98 Å². The van der Waals surface area contributed by atoms with Crippen molar-refractivity contribution in [2.24, 2.45) is 5.10 Å². The summed E-state index contributed by atoms with van der Waals surface area (Å²) in [6.45, 7) is 4.41. The predicted octanol–water partition coefficient (Wildman–Crippen LogP) is 0.100. The highest BCUT2D eigenvalue weighted by molar-refractivity contribution is 5.84. The number of nitrogens with one attached hydrogen (secondary N) is 1. The number of nitro groups is 2. The second-order valence-electron chi connectivity index (χ2n) is 5.32. The third kappa shape index (κ3) is 4.22. The van der Waals surface area contributed by atoms with Gasteiger partial charge in [-0.15, -0.1) is 0 Å². The number of carbonyl (C=O) groups excluding carboxylic acids is 1. The molecule has 138 valence electrons. The summed E-state index contributed by atoms with van der Waals surface area (Å²) in [5.74, 6) is -1.07. The molecule has 2 aromatic heterocycles. The van der Waals surface area contributed by atoms with Crippen molar-refractivity contribution >= 4 is 23.3 Å². The second kappa shape index (κ2) is 7.45. The normalized spacial score (nSPS) is 11.4. The number of aromatic nitrogens is 5. The van der Waals surface area contributed by atoms with Crippen LogP contribution in [-0.2, 0) is 17.9 Å². The summed E-state index contributed by atoms with van der Waals surface area (Å²) < 4.78 is 2.42. The molecule has 0 aliphatic rings. The van der Waals surface area contributed by atoms with Crippen molar-refractivity contribution in [3.63, 3.8) is 0 Å². The van der Waals surface area contributed by atoms with Crippen molar-refractivity contribution < 1.29 is 14.6 Å². The molecule has 0 radical (unpaired) electrons. The van der Waals surface area contributed by atoms with Crippen molar-refractivity contribution in [3.8, 4) is 0 Å². The standard InChI is InChI=1S/C12H15N9O5/c1-7(4-18-6-13-12(17-18)21(25)26)14-15-10(22)5-19-9(3)11(20(23)24)8(2)16-19/h6H,4-5H2,1-3H3,(H,15,22)/b14-7+. The van der Waals surface area contributed by atoms with Crippen LogP contribution in [0.3, 0.4) is 0 Å². The topological polar surface area (TPSA) is 176 Å². The Bertz CT molecular complexity index is 897. The van der Waals surface area contributed by atoms with Gasteiger partial charge in [0.1, 0.15) is 17.9 Å². The summed E-state index contributed by atoms with van der Waals surface area (Å²) >= 11 is 0. The monoisotopic (exact) mass is 365 g/mol. The Labute approximate surface area is 145 Å². The van der Waals surface area contributed by atoms with Crippen LogP contribution in [-0.4, -0.2) is 46.0 Å². The van der Waals surface area contributed by atoms with Gasteiger partial charge < -0.3 is 10.1 Å². The van der Waals surface area contributed by atoms with Crippen molar-refractivity contribution in [1.29, 1.82) is 0 Å². The highest BCUT2D eigenvalue weighted by Crippen LogP contribution is 2.21. The van der Waals surface area contributed by atoms with E-state index in [9.17, 15) is 25.0 Å². The Morgan fingerprint density at radius 3 is 2.46 bits per heavy atom. The lowest BCUT2D eigenvalue weighted by atomic mass is 10.3. The van der Waals surface area contributed by atoms with Crippen LogP contribution in [0.1, 0.15) is 18.3 Å². The number of amides is 1. The minimum absolute atomic E-state index is 0.0898. The molecule has 14 nitrogen and oxygen atoms in total. The minimum atomic E-state index is -0.724. The number of hydrogen-bond donors (Lipinski definition) is 1. The second-order valence-corrected chi connectivity index (χ2v) is 5.32. The largest absolute Gasteiger partial charge is 0.490 e. The van der Waals surface area contributed by atoms with Crippen LogP contribution >= 0.6 is 0 Å². The Hall–Kier alpha value is -3.71. The van der Waals surface area contributed by atoms with Crippen LogP contribution in [0.2, 0.25) is 0 Å². The summed E-state index contributed by atoms with van der Waals surface area (Å²) in [4.78, 5) is 35.6. The smallest absolute Gasteiger partial charge is 0.390 e. The SMILES string of the molecule is C/C(Cn1cnc([N+](=O)[O-])n1)=N\NC(=O)Cn1nc(C)c([N+](=O)[O-])c1C. The number of aryl methyl sites for hydroxylation is 1.